The number of non-ortho nitro benzene ring substituents is 1. The minimum atomic E-state index is -1.33. The van der Waals surface area contributed by atoms with E-state index in [-0.39, 0.29) is 17.8 Å². The van der Waals surface area contributed by atoms with Gasteiger partial charge in [0.25, 0.3) is 5.69 Å². The summed E-state index contributed by atoms with van der Waals surface area (Å²) < 4.78 is 0. The fourth-order valence-corrected chi connectivity index (χ4v) is 3.69. The molecule has 9 nitrogen and oxygen atoms in total. The van der Waals surface area contributed by atoms with Crippen LogP contribution in [-0.2, 0) is 5.60 Å². The number of hydrogen-bond donors (Lipinski definition) is 2. The molecule has 3 aromatic rings. The maximum absolute atomic E-state index is 11.6. The molecule has 0 heterocycles. The van der Waals surface area contributed by atoms with Crippen LogP contribution in [0.1, 0.15) is 17.5 Å². The Kier molecular flexibility index (Phi) is 5.48. The Morgan fingerprint density at radius 2 is 1.56 bits per heavy atom. The Bertz CT molecular complexity index is 1240. The van der Waals surface area contributed by atoms with Crippen molar-refractivity contribution in [1.29, 1.82) is 0 Å². The normalized spacial score (nSPS) is 18.9. The molecular formula is C23H18N4O5. The van der Waals surface area contributed by atoms with Crippen LogP contribution in [0.25, 0.3) is 5.57 Å². The summed E-state index contributed by atoms with van der Waals surface area (Å²) in [4.78, 5) is 20.9. The topological polar surface area (TPSA) is 131 Å². The Balaban J connectivity index is 1.71. The van der Waals surface area contributed by atoms with Crippen molar-refractivity contribution >= 4 is 28.3 Å². The molecule has 160 valence electrons. The molecule has 0 bridgehead atoms. The van der Waals surface area contributed by atoms with Crippen molar-refractivity contribution in [3.8, 4) is 0 Å². The number of nitro benzene ring substituents is 2. The second-order valence-electron chi connectivity index (χ2n) is 7.26. The highest BCUT2D eigenvalue weighted by Crippen LogP contribution is 2.44. The molecule has 0 aliphatic heterocycles. The lowest BCUT2D eigenvalue weighted by molar-refractivity contribution is -0.393. The van der Waals surface area contributed by atoms with Crippen LogP contribution in [0.15, 0.2) is 90.0 Å². The van der Waals surface area contributed by atoms with Crippen LogP contribution < -0.4 is 5.43 Å². The van der Waals surface area contributed by atoms with Crippen LogP contribution in [0.3, 0.4) is 0 Å². The number of benzene rings is 3. The molecule has 0 saturated carbocycles. The number of anilines is 1. The third-order valence-electron chi connectivity index (χ3n) is 5.24. The Labute approximate surface area is 182 Å². The molecule has 1 unspecified atom stereocenters. The van der Waals surface area contributed by atoms with Gasteiger partial charge in [-0.15, -0.1) is 0 Å². The first-order valence-electron chi connectivity index (χ1n) is 9.69. The van der Waals surface area contributed by atoms with Crippen molar-refractivity contribution in [3.63, 3.8) is 0 Å². The Morgan fingerprint density at radius 1 is 0.906 bits per heavy atom. The summed E-state index contributed by atoms with van der Waals surface area (Å²) >= 11 is 0. The molecule has 32 heavy (non-hydrogen) atoms. The molecule has 9 heteroatoms. The summed E-state index contributed by atoms with van der Waals surface area (Å²) in [6.45, 7) is 0. The molecule has 0 radical (unpaired) electrons. The fourth-order valence-electron chi connectivity index (χ4n) is 3.69. The number of rotatable bonds is 6. The maximum atomic E-state index is 11.6. The van der Waals surface area contributed by atoms with Crippen LogP contribution in [-0.4, -0.2) is 20.7 Å². The van der Waals surface area contributed by atoms with Gasteiger partial charge in [-0.1, -0.05) is 60.7 Å². The molecule has 0 fully saturated rings. The minimum Gasteiger partial charge on any atom is -0.380 e. The minimum absolute atomic E-state index is 0.0120. The summed E-state index contributed by atoms with van der Waals surface area (Å²) in [5.41, 5.74) is 3.11. The summed E-state index contributed by atoms with van der Waals surface area (Å²) in [7, 11) is 0. The lowest BCUT2D eigenvalue weighted by atomic mass is 9.84. The number of hydrazone groups is 1. The van der Waals surface area contributed by atoms with Crippen LogP contribution in [0.5, 0.6) is 0 Å². The molecule has 1 aliphatic rings. The van der Waals surface area contributed by atoms with Gasteiger partial charge in [0.1, 0.15) is 11.3 Å². The van der Waals surface area contributed by atoms with E-state index < -0.39 is 21.1 Å². The van der Waals surface area contributed by atoms with Gasteiger partial charge in [-0.05, 0) is 28.8 Å². The molecule has 4 rings (SSSR count). The third-order valence-corrected chi connectivity index (χ3v) is 5.24. The predicted octanol–water partition coefficient (Wildman–Crippen LogP) is 4.65. The fraction of sp³-hybridized carbons (Fsp3) is 0.0870. The van der Waals surface area contributed by atoms with Crippen LogP contribution >= 0.6 is 0 Å². The molecule has 2 N–H and O–H groups in total. The van der Waals surface area contributed by atoms with Gasteiger partial charge >= 0.3 is 5.69 Å². The van der Waals surface area contributed by atoms with E-state index in [0.717, 1.165) is 17.7 Å². The van der Waals surface area contributed by atoms with Crippen molar-refractivity contribution in [3.05, 3.63) is 116 Å². The SMILES string of the molecule is O=[N+]([O-])c1ccc(NN=C2C=C(c3ccccc3)C(O)(c3ccccc3)C2)c([N+](=O)[O-])c1. The molecule has 0 aromatic heterocycles. The van der Waals surface area contributed by atoms with Crippen molar-refractivity contribution in [1.82, 2.24) is 0 Å². The zero-order valence-corrected chi connectivity index (χ0v) is 16.7. The van der Waals surface area contributed by atoms with E-state index in [4.69, 9.17) is 0 Å². The zero-order chi connectivity index (χ0) is 22.7. The van der Waals surface area contributed by atoms with E-state index in [1.807, 2.05) is 60.7 Å². The molecule has 0 amide bonds. The summed E-state index contributed by atoms with van der Waals surface area (Å²) in [5, 5.41) is 38.2. The lowest BCUT2D eigenvalue weighted by Crippen LogP contribution is -2.25. The van der Waals surface area contributed by atoms with Gasteiger partial charge in [0.15, 0.2) is 0 Å². The number of nitrogens with zero attached hydrogens (tertiary/aromatic N) is 3. The lowest BCUT2D eigenvalue weighted by Gasteiger charge is -2.27. The van der Waals surface area contributed by atoms with Crippen molar-refractivity contribution < 1.29 is 15.0 Å². The standard InChI is InChI=1S/C23H18N4O5/c28-23(17-9-5-2-6-10-17)15-18(13-20(23)16-7-3-1-4-8-16)24-25-21-12-11-19(26(29)30)14-22(21)27(31)32/h1-14,25,28H,15H2. The molecule has 1 atom stereocenters. The number of hydrogen-bond acceptors (Lipinski definition) is 7. The van der Waals surface area contributed by atoms with Crippen LogP contribution in [0.4, 0.5) is 17.1 Å². The number of nitro groups is 2. The van der Waals surface area contributed by atoms with E-state index in [1.54, 1.807) is 6.08 Å². The largest absolute Gasteiger partial charge is 0.380 e. The highest BCUT2D eigenvalue weighted by Gasteiger charge is 2.40. The van der Waals surface area contributed by atoms with Crippen molar-refractivity contribution in [2.75, 3.05) is 5.43 Å². The average molecular weight is 430 g/mol. The second kappa shape index (κ2) is 8.40. The van der Waals surface area contributed by atoms with Crippen molar-refractivity contribution in [2.24, 2.45) is 5.10 Å². The number of nitrogens with one attached hydrogen (secondary N) is 1. The molecule has 0 saturated heterocycles. The first-order chi connectivity index (χ1) is 15.4. The molecule has 3 aromatic carbocycles. The van der Waals surface area contributed by atoms with Gasteiger partial charge in [-0.3, -0.25) is 25.7 Å². The smallest absolute Gasteiger partial charge is 0.301 e. The Hall–Kier alpha value is -4.37. The van der Waals surface area contributed by atoms with Gasteiger partial charge in [0.2, 0.25) is 0 Å². The predicted molar refractivity (Wildman–Crippen MR) is 120 cm³/mol. The van der Waals surface area contributed by atoms with Gasteiger partial charge in [0, 0.05) is 12.5 Å². The van der Waals surface area contributed by atoms with E-state index in [0.29, 0.717) is 16.8 Å². The Morgan fingerprint density at radius 3 is 2.19 bits per heavy atom. The van der Waals surface area contributed by atoms with Crippen molar-refractivity contribution in [2.45, 2.75) is 12.0 Å². The first-order valence-corrected chi connectivity index (χ1v) is 9.69. The van der Waals surface area contributed by atoms with Gasteiger partial charge < -0.3 is 5.11 Å². The van der Waals surface area contributed by atoms with E-state index in [1.165, 1.54) is 6.07 Å². The quantitative estimate of drug-likeness (QED) is 0.432. The molecule has 0 spiro atoms. The van der Waals surface area contributed by atoms with E-state index >= 15 is 0 Å². The first kappa shape index (κ1) is 20.9. The molecular weight excluding hydrogens is 412 g/mol. The van der Waals surface area contributed by atoms with Gasteiger partial charge in [-0.25, -0.2) is 0 Å². The van der Waals surface area contributed by atoms with E-state index in [2.05, 4.69) is 10.5 Å². The maximum Gasteiger partial charge on any atom is 0.301 e. The number of aliphatic hydroxyl groups is 1. The summed E-state index contributed by atoms with van der Waals surface area (Å²) in [6, 6.07) is 21.9. The highest BCUT2D eigenvalue weighted by molar-refractivity contribution is 6.08. The average Bonchev–Trinajstić information content (AvgIpc) is 3.16. The summed E-state index contributed by atoms with van der Waals surface area (Å²) in [5.74, 6) is 0. The highest BCUT2D eigenvalue weighted by atomic mass is 16.6. The zero-order valence-electron chi connectivity index (χ0n) is 16.7. The monoisotopic (exact) mass is 430 g/mol. The second-order valence-corrected chi connectivity index (χ2v) is 7.26. The third kappa shape index (κ3) is 3.96. The molecule has 1 aliphatic carbocycles. The van der Waals surface area contributed by atoms with Gasteiger partial charge in [-0.2, -0.15) is 5.10 Å². The van der Waals surface area contributed by atoms with E-state index in [9.17, 15) is 25.3 Å². The van der Waals surface area contributed by atoms with Gasteiger partial charge in [0.05, 0.1) is 21.6 Å². The van der Waals surface area contributed by atoms with Crippen LogP contribution in [0.2, 0.25) is 0 Å². The summed E-state index contributed by atoms with van der Waals surface area (Å²) in [6.07, 6.45) is 1.89. The number of allylic oxidation sites excluding steroid dienone is 1. The van der Waals surface area contributed by atoms with Crippen LogP contribution in [0, 0.1) is 20.2 Å².